The Balaban J connectivity index is 1.87. The predicted octanol–water partition coefficient (Wildman–Crippen LogP) is 2.74. The van der Waals surface area contributed by atoms with E-state index in [0.29, 0.717) is 23.8 Å². The van der Waals surface area contributed by atoms with Gasteiger partial charge in [-0.15, -0.1) is 13.2 Å². The molecule has 1 unspecified atom stereocenters. The van der Waals surface area contributed by atoms with E-state index in [1.54, 1.807) is 6.20 Å². The largest absolute Gasteiger partial charge is 0.573 e. The van der Waals surface area contributed by atoms with Gasteiger partial charge in [0.15, 0.2) is 0 Å². The van der Waals surface area contributed by atoms with E-state index in [2.05, 4.69) is 25.7 Å². The fourth-order valence-corrected chi connectivity index (χ4v) is 3.34. The van der Waals surface area contributed by atoms with Gasteiger partial charge in [0.25, 0.3) is 0 Å². The molecule has 1 aromatic carbocycles. The molecular formula is C19H23F3N4O2. The molecule has 1 saturated heterocycles. The molecule has 0 bridgehead atoms. The molecule has 2 heterocycles. The maximum atomic E-state index is 12.3. The van der Waals surface area contributed by atoms with Crippen molar-refractivity contribution in [1.82, 2.24) is 15.6 Å². The number of aliphatic hydroxyl groups excluding tert-OH is 1. The number of anilines is 2. The summed E-state index contributed by atoms with van der Waals surface area (Å²) >= 11 is 0. The summed E-state index contributed by atoms with van der Waals surface area (Å²) in [5.41, 5.74) is 2.52. The van der Waals surface area contributed by atoms with Crippen LogP contribution in [0.3, 0.4) is 0 Å². The number of hydrogen-bond donors (Lipinski definition) is 4. The zero-order chi connectivity index (χ0) is 20.1. The van der Waals surface area contributed by atoms with E-state index in [-0.39, 0.29) is 18.4 Å². The maximum Gasteiger partial charge on any atom is 0.573 e. The molecule has 9 heteroatoms. The van der Waals surface area contributed by atoms with Gasteiger partial charge in [-0.3, -0.25) is 0 Å². The molecule has 28 heavy (non-hydrogen) atoms. The third-order valence-corrected chi connectivity index (χ3v) is 4.72. The summed E-state index contributed by atoms with van der Waals surface area (Å²) < 4.78 is 40.9. The van der Waals surface area contributed by atoms with Crippen LogP contribution in [-0.4, -0.2) is 43.2 Å². The highest BCUT2D eigenvalue weighted by atomic mass is 19.4. The number of ether oxygens (including phenoxy) is 1. The molecule has 1 aliphatic rings. The topological polar surface area (TPSA) is 78.4 Å². The first kappa shape index (κ1) is 20.4. The third kappa shape index (κ3) is 4.92. The number of nitrogens with one attached hydrogen (secondary N) is 3. The minimum Gasteiger partial charge on any atom is -0.406 e. The fraction of sp³-hybridized carbons (Fsp3) is 0.421. The van der Waals surface area contributed by atoms with Crippen LogP contribution in [0.5, 0.6) is 5.75 Å². The van der Waals surface area contributed by atoms with Gasteiger partial charge in [-0.05, 0) is 49.4 Å². The lowest BCUT2D eigenvalue weighted by Crippen LogP contribution is -2.48. The number of pyridine rings is 1. The van der Waals surface area contributed by atoms with Crippen LogP contribution in [0.4, 0.5) is 24.7 Å². The fourth-order valence-electron chi connectivity index (χ4n) is 3.34. The van der Waals surface area contributed by atoms with Crippen LogP contribution in [0.25, 0.3) is 0 Å². The van der Waals surface area contributed by atoms with E-state index in [9.17, 15) is 18.3 Å². The van der Waals surface area contributed by atoms with Crippen molar-refractivity contribution in [3.63, 3.8) is 0 Å². The van der Waals surface area contributed by atoms with Gasteiger partial charge in [0.2, 0.25) is 0 Å². The van der Waals surface area contributed by atoms with Crippen LogP contribution in [0, 0.1) is 5.92 Å². The van der Waals surface area contributed by atoms with Crippen LogP contribution < -0.4 is 20.7 Å². The van der Waals surface area contributed by atoms with Crippen molar-refractivity contribution in [2.45, 2.75) is 18.8 Å². The highest BCUT2D eigenvalue weighted by Crippen LogP contribution is 2.34. The van der Waals surface area contributed by atoms with Gasteiger partial charge in [-0.25, -0.2) is 4.98 Å². The van der Waals surface area contributed by atoms with Gasteiger partial charge in [0.05, 0.1) is 0 Å². The van der Waals surface area contributed by atoms with Gasteiger partial charge in [-0.1, -0.05) is 0 Å². The quantitative estimate of drug-likeness (QED) is 0.550. The monoisotopic (exact) mass is 396 g/mol. The first-order chi connectivity index (χ1) is 13.4. The first-order valence-corrected chi connectivity index (χ1v) is 9.00. The SMILES string of the molecule is CNC(c1c(CCO)ccnc1Nc1ccc(OC(F)(F)F)cc1)C1CNC1. The molecule has 1 aromatic heterocycles. The molecule has 1 fully saturated rings. The molecule has 0 spiro atoms. The summed E-state index contributed by atoms with van der Waals surface area (Å²) in [6.45, 7) is 1.77. The molecule has 0 radical (unpaired) electrons. The Kier molecular flexibility index (Phi) is 6.38. The minimum atomic E-state index is -4.72. The average molecular weight is 396 g/mol. The van der Waals surface area contributed by atoms with Crippen molar-refractivity contribution in [2.24, 2.45) is 5.92 Å². The van der Waals surface area contributed by atoms with Gasteiger partial charge < -0.3 is 25.8 Å². The number of rotatable bonds is 8. The number of alkyl halides is 3. The first-order valence-electron chi connectivity index (χ1n) is 9.00. The Hall–Kier alpha value is -2.36. The third-order valence-electron chi connectivity index (χ3n) is 4.72. The lowest BCUT2D eigenvalue weighted by Gasteiger charge is -2.36. The van der Waals surface area contributed by atoms with Crippen LogP contribution in [0.1, 0.15) is 17.2 Å². The summed E-state index contributed by atoms with van der Waals surface area (Å²) in [6.07, 6.45) is -2.58. The average Bonchev–Trinajstić information content (AvgIpc) is 2.59. The minimum absolute atomic E-state index is 0.0132. The lowest BCUT2D eigenvalue weighted by atomic mass is 9.86. The summed E-state index contributed by atoms with van der Waals surface area (Å²) in [7, 11) is 1.88. The standard InChI is InChI=1S/C19H23F3N4O2/c1-23-17(13-10-24-11-13)16-12(7-9-27)6-8-25-18(16)26-14-2-4-15(5-3-14)28-19(20,21)22/h2-6,8,13,17,23-24,27H,7,9-11H2,1H3,(H,25,26). The summed E-state index contributed by atoms with van der Waals surface area (Å²) in [5.74, 6) is 0.713. The van der Waals surface area contributed by atoms with Crippen molar-refractivity contribution >= 4 is 11.5 Å². The number of halogens is 3. The Morgan fingerprint density at radius 2 is 1.96 bits per heavy atom. The zero-order valence-corrected chi connectivity index (χ0v) is 15.4. The summed E-state index contributed by atoms with van der Waals surface area (Å²) in [6, 6.07) is 7.42. The second-order valence-electron chi connectivity index (χ2n) is 6.59. The van der Waals surface area contributed by atoms with E-state index < -0.39 is 6.36 Å². The normalized spacial score (nSPS) is 15.8. The van der Waals surface area contributed by atoms with E-state index >= 15 is 0 Å². The molecule has 0 saturated carbocycles. The van der Waals surface area contributed by atoms with Gasteiger partial charge in [-0.2, -0.15) is 0 Å². The van der Waals surface area contributed by atoms with Gasteiger partial charge >= 0.3 is 6.36 Å². The molecule has 2 aromatic rings. The van der Waals surface area contributed by atoms with Gasteiger partial charge in [0, 0.05) is 49.1 Å². The molecular weight excluding hydrogens is 373 g/mol. The molecule has 0 amide bonds. The molecule has 152 valence electrons. The molecule has 1 atom stereocenters. The molecule has 1 aliphatic heterocycles. The van der Waals surface area contributed by atoms with E-state index in [1.165, 1.54) is 24.3 Å². The van der Waals surface area contributed by atoms with Crippen molar-refractivity contribution < 1.29 is 23.0 Å². The lowest BCUT2D eigenvalue weighted by molar-refractivity contribution is -0.274. The Morgan fingerprint density at radius 1 is 1.25 bits per heavy atom. The Labute approximate surface area is 161 Å². The van der Waals surface area contributed by atoms with E-state index in [1.807, 2.05) is 13.1 Å². The second kappa shape index (κ2) is 8.76. The highest BCUT2D eigenvalue weighted by Gasteiger charge is 2.32. The van der Waals surface area contributed by atoms with Crippen molar-refractivity contribution in [3.8, 4) is 5.75 Å². The molecule has 0 aliphatic carbocycles. The highest BCUT2D eigenvalue weighted by molar-refractivity contribution is 5.62. The van der Waals surface area contributed by atoms with Crippen LogP contribution >= 0.6 is 0 Å². The Bertz CT molecular complexity index is 780. The predicted molar refractivity (Wildman–Crippen MR) is 99.6 cm³/mol. The number of aliphatic hydroxyl groups is 1. The summed E-state index contributed by atoms with van der Waals surface area (Å²) in [5, 5.41) is 19.2. The number of benzene rings is 1. The smallest absolute Gasteiger partial charge is 0.406 e. The van der Waals surface area contributed by atoms with Crippen LogP contribution in [-0.2, 0) is 6.42 Å². The maximum absolute atomic E-state index is 12.3. The molecule has 3 rings (SSSR count). The number of aromatic nitrogens is 1. The number of hydrogen-bond acceptors (Lipinski definition) is 6. The van der Waals surface area contributed by atoms with Crippen molar-refractivity contribution in [2.75, 3.05) is 32.1 Å². The van der Waals surface area contributed by atoms with E-state index in [4.69, 9.17) is 0 Å². The summed E-state index contributed by atoms with van der Waals surface area (Å²) in [4.78, 5) is 4.44. The van der Waals surface area contributed by atoms with Gasteiger partial charge in [0.1, 0.15) is 11.6 Å². The second-order valence-corrected chi connectivity index (χ2v) is 6.59. The number of nitrogens with zero attached hydrogens (tertiary/aromatic N) is 1. The van der Waals surface area contributed by atoms with E-state index in [0.717, 1.165) is 24.2 Å². The Morgan fingerprint density at radius 3 is 2.50 bits per heavy atom. The molecule has 6 nitrogen and oxygen atoms in total. The van der Waals surface area contributed by atoms with Crippen LogP contribution in [0.2, 0.25) is 0 Å². The van der Waals surface area contributed by atoms with Crippen LogP contribution in [0.15, 0.2) is 36.5 Å². The van der Waals surface area contributed by atoms with Crippen molar-refractivity contribution in [3.05, 3.63) is 47.7 Å². The molecule has 4 N–H and O–H groups in total. The zero-order valence-electron chi connectivity index (χ0n) is 15.4. The van der Waals surface area contributed by atoms with Crippen molar-refractivity contribution in [1.29, 1.82) is 0 Å².